The van der Waals surface area contributed by atoms with E-state index in [0.29, 0.717) is 0 Å². The Morgan fingerprint density at radius 1 is 1.35 bits per heavy atom. The molecule has 3 N–H and O–H groups in total. The molecule has 1 aromatic carbocycles. The van der Waals surface area contributed by atoms with Gasteiger partial charge in [0.05, 0.1) is 10.5 Å². The van der Waals surface area contributed by atoms with E-state index < -0.39 is 23.2 Å². The van der Waals surface area contributed by atoms with Crippen molar-refractivity contribution in [3.05, 3.63) is 56.7 Å². The maximum Gasteiger partial charge on any atom is 0.416 e. The molecule has 122 valence electrons. The Hall–Kier alpha value is -2.39. The third-order valence-corrected chi connectivity index (χ3v) is 3.23. The van der Waals surface area contributed by atoms with Crippen molar-refractivity contribution in [3.63, 3.8) is 0 Å². The second-order valence-corrected chi connectivity index (χ2v) is 4.82. The molecule has 0 unspecified atom stereocenters. The minimum atomic E-state index is -4.65. The first-order chi connectivity index (χ1) is 10.7. The fourth-order valence-corrected chi connectivity index (χ4v) is 2.17. The van der Waals surface area contributed by atoms with Gasteiger partial charge in [-0.05, 0) is 12.1 Å². The molecular formula is C13H10ClF3N4O2. The van der Waals surface area contributed by atoms with Gasteiger partial charge in [-0.2, -0.15) is 13.2 Å². The lowest BCUT2D eigenvalue weighted by molar-refractivity contribution is -0.384. The molecule has 0 aliphatic rings. The molecule has 6 nitrogen and oxygen atoms in total. The van der Waals surface area contributed by atoms with Gasteiger partial charge in [0.25, 0.3) is 5.69 Å². The minimum Gasteiger partial charge on any atom is -0.340 e. The van der Waals surface area contributed by atoms with Gasteiger partial charge in [0.2, 0.25) is 0 Å². The average molecular weight is 347 g/mol. The summed E-state index contributed by atoms with van der Waals surface area (Å²) in [6, 6.07) is 6.02. The topological polar surface area (TPSA) is 94.1 Å². The van der Waals surface area contributed by atoms with E-state index >= 15 is 0 Å². The number of hydrogen-bond donors (Lipinski definition) is 2. The Bertz CT molecular complexity index is 752. The zero-order chi connectivity index (χ0) is 17.2. The minimum absolute atomic E-state index is 0.194. The van der Waals surface area contributed by atoms with E-state index in [2.05, 4.69) is 10.3 Å². The van der Waals surface area contributed by atoms with Crippen molar-refractivity contribution in [2.24, 2.45) is 5.73 Å². The Labute approximate surface area is 133 Å². The smallest absolute Gasteiger partial charge is 0.340 e. The number of halogens is 4. The van der Waals surface area contributed by atoms with Gasteiger partial charge in [-0.3, -0.25) is 10.1 Å². The van der Waals surface area contributed by atoms with E-state index in [-0.39, 0.29) is 27.9 Å². The molecule has 10 heteroatoms. The van der Waals surface area contributed by atoms with Crippen LogP contribution in [0, 0.1) is 10.1 Å². The monoisotopic (exact) mass is 346 g/mol. The number of nitrogens with two attached hydrogens (primary N) is 1. The van der Waals surface area contributed by atoms with Gasteiger partial charge in [0.15, 0.2) is 0 Å². The summed E-state index contributed by atoms with van der Waals surface area (Å²) in [7, 11) is 0. The summed E-state index contributed by atoms with van der Waals surface area (Å²) in [6.45, 7) is -0.419. The molecule has 1 aromatic heterocycles. The van der Waals surface area contributed by atoms with Crippen LogP contribution >= 0.6 is 11.6 Å². The molecule has 0 bridgehead atoms. The van der Waals surface area contributed by atoms with Gasteiger partial charge in [0.1, 0.15) is 11.0 Å². The molecule has 0 fully saturated rings. The molecule has 0 atom stereocenters. The molecule has 0 saturated carbocycles. The molecular weight excluding hydrogens is 337 g/mol. The lowest BCUT2D eigenvalue weighted by atomic mass is 10.1. The van der Waals surface area contributed by atoms with E-state index in [1.807, 2.05) is 0 Å². The Morgan fingerprint density at radius 3 is 2.61 bits per heavy atom. The highest BCUT2D eigenvalue weighted by Gasteiger charge is 2.35. The van der Waals surface area contributed by atoms with Gasteiger partial charge in [-0.15, -0.1) is 0 Å². The first kappa shape index (κ1) is 17.0. The zero-order valence-electron chi connectivity index (χ0n) is 11.4. The summed E-state index contributed by atoms with van der Waals surface area (Å²) >= 11 is 5.75. The molecule has 1 heterocycles. The largest absolute Gasteiger partial charge is 0.416 e. The Kier molecular flexibility index (Phi) is 4.71. The van der Waals surface area contributed by atoms with Gasteiger partial charge < -0.3 is 11.1 Å². The van der Waals surface area contributed by atoms with E-state index in [1.165, 1.54) is 24.3 Å². The molecule has 0 radical (unpaired) electrons. The average Bonchev–Trinajstić information content (AvgIpc) is 2.46. The van der Waals surface area contributed by atoms with Crippen molar-refractivity contribution >= 4 is 28.8 Å². The molecule has 0 aliphatic heterocycles. The summed E-state index contributed by atoms with van der Waals surface area (Å²) in [5, 5.41) is 12.9. The predicted octanol–water partition coefficient (Wildman–Crippen LogP) is 3.86. The highest BCUT2D eigenvalue weighted by atomic mass is 35.5. The van der Waals surface area contributed by atoms with Crippen LogP contribution in [0.2, 0.25) is 5.15 Å². The molecule has 23 heavy (non-hydrogen) atoms. The van der Waals surface area contributed by atoms with Crippen molar-refractivity contribution in [2.45, 2.75) is 12.7 Å². The number of anilines is 2. The quantitative estimate of drug-likeness (QED) is 0.498. The summed E-state index contributed by atoms with van der Waals surface area (Å²) in [4.78, 5) is 13.9. The molecule has 2 rings (SSSR count). The molecule has 2 aromatic rings. The number of benzene rings is 1. The lowest BCUT2D eigenvalue weighted by Gasteiger charge is -2.15. The summed E-state index contributed by atoms with van der Waals surface area (Å²) in [5.74, 6) is -0.194. The van der Waals surface area contributed by atoms with Crippen LogP contribution in [0.5, 0.6) is 0 Å². The highest BCUT2D eigenvalue weighted by molar-refractivity contribution is 6.30. The van der Waals surface area contributed by atoms with Gasteiger partial charge in [0, 0.05) is 29.9 Å². The molecule has 0 saturated heterocycles. The van der Waals surface area contributed by atoms with Crippen molar-refractivity contribution in [1.82, 2.24) is 4.98 Å². The second kappa shape index (κ2) is 6.39. The number of nitrogens with one attached hydrogen (secondary N) is 1. The first-order valence-corrected chi connectivity index (χ1v) is 6.58. The van der Waals surface area contributed by atoms with Crippen LogP contribution in [0.1, 0.15) is 11.1 Å². The van der Waals surface area contributed by atoms with Crippen LogP contribution in [0.3, 0.4) is 0 Å². The molecule has 0 amide bonds. The Balaban J connectivity index is 2.43. The lowest BCUT2D eigenvalue weighted by Crippen LogP contribution is -2.14. The normalized spacial score (nSPS) is 11.3. The van der Waals surface area contributed by atoms with Crippen molar-refractivity contribution in [3.8, 4) is 0 Å². The predicted molar refractivity (Wildman–Crippen MR) is 78.5 cm³/mol. The van der Waals surface area contributed by atoms with Crippen LogP contribution in [0.4, 0.5) is 30.4 Å². The van der Waals surface area contributed by atoms with Crippen molar-refractivity contribution in [1.29, 1.82) is 0 Å². The number of nitrogens with zero attached hydrogens (tertiary/aromatic N) is 2. The highest BCUT2D eigenvalue weighted by Crippen LogP contribution is 2.36. The maximum atomic E-state index is 13.0. The van der Waals surface area contributed by atoms with E-state index in [1.54, 1.807) is 0 Å². The summed E-state index contributed by atoms with van der Waals surface area (Å²) < 4.78 is 39.1. The van der Waals surface area contributed by atoms with Crippen LogP contribution in [0.25, 0.3) is 0 Å². The van der Waals surface area contributed by atoms with Gasteiger partial charge >= 0.3 is 6.18 Å². The van der Waals surface area contributed by atoms with Crippen LogP contribution in [-0.4, -0.2) is 9.91 Å². The number of non-ortho nitro benzene ring substituents is 1. The van der Waals surface area contributed by atoms with Crippen molar-refractivity contribution < 1.29 is 18.1 Å². The molecule has 0 spiro atoms. The number of nitro benzene ring substituents is 1. The standard InChI is InChI=1S/C13H10ClF3N4O2/c14-12-9(6-18)10(13(15,16)17)5-11(20-12)19-7-2-1-3-8(4-7)21(22)23/h1-5H,6,18H2,(H,19,20). The van der Waals surface area contributed by atoms with Gasteiger partial charge in [-0.1, -0.05) is 17.7 Å². The number of alkyl halides is 3. The second-order valence-electron chi connectivity index (χ2n) is 4.46. The number of aromatic nitrogens is 1. The third-order valence-electron chi connectivity index (χ3n) is 2.91. The number of nitro groups is 1. The summed E-state index contributed by atoms with van der Waals surface area (Å²) in [5.41, 5.74) is 3.95. The fraction of sp³-hybridized carbons (Fsp3) is 0.154. The van der Waals surface area contributed by atoms with E-state index in [9.17, 15) is 23.3 Å². The van der Waals surface area contributed by atoms with Crippen LogP contribution in [-0.2, 0) is 12.7 Å². The third kappa shape index (κ3) is 3.88. The zero-order valence-corrected chi connectivity index (χ0v) is 12.1. The fourth-order valence-electron chi connectivity index (χ4n) is 1.90. The Morgan fingerprint density at radius 2 is 2.04 bits per heavy atom. The van der Waals surface area contributed by atoms with E-state index in [0.717, 1.165) is 6.07 Å². The van der Waals surface area contributed by atoms with Crippen LogP contribution in [0.15, 0.2) is 30.3 Å². The SMILES string of the molecule is NCc1c(C(F)(F)F)cc(Nc2cccc([N+](=O)[O-])c2)nc1Cl. The molecule has 0 aliphatic carbocycles. The number of hydrogen-bond acceptors (Lipinski definition) is 5. The van der Waals surface area contributed by atoms with Crippen molar-refractivity contribution in [2.75, 3.05) is 5.32 Å². The summed E-state index contributed by atoms with van der Waals surface area (Å²) in [6.07, 6.45) is -4.65. The van der Waals surface area contributed by atoms with Gasteiger partial charge in [-0.25, -0.2) is 4.98 Å². The first-order valence-electron chi connectivity index (χ1n) is 6.20. The number of rotatable bonds is 4. The maximum absolute atomic E-state index is 13.0. The number of pyridine rings is 1. The van der Waals surface area contributed by atoms with E-state index in [4.69, 9.17) is 17.3 Å². The van der Waals surface area contributed by atoms with Crippen LogP contribution < -0.4 is 11.1 Å².